The molecule has 38 heavy (non-hydrogen) atoms. The van der Waals surface area contributed by atoms with E-state index in [4.69, 9.17) is 9.72 Å². The van der Waals surface area contributed by atoms with Crippen molar-refractivity contribution in [2.24, 2.45) is 5.92 Å². The average Bonchev–Trinajstić information content (AvgIpc) is 3.37. The normalized spacial score (nSPS) is 21.1. The van der Waals surface area contributed by atoms with Crippen LogP contribution in [0.4, 0.5) is 29.5 Å². The Morgan fingerprint density at radius 3 is 2.55 bits per heavy atom. The quantitative estimate of drug-likeness (QED) is 0.465. The van der Waals surface area contributed by atoms with Gasteiger partial charge in [0, 0.05) is 49.9 Å². The number of ether oxygens (including phenoxy) is 1. The summed E-state index contributed by atoms with van der Waals surface area (Å²) < 4.78 is 43.9. The van der Waals surface area contributed by atoms with Gasteiger partial charge in [0.05, 0.1) is 13.2 Å². The summed E-state index contributed by atoms with van der Waals surface area (Å²) in [4.78, 5) is 21.8. The fourth-order valence-corrected chi connectivity index (χ4v) is 5.98. The van der Waals surface area contributed by atoms with Crippen LogP contribution in [0.1, 0.15) is 62.1 Å². The van der Waals surface area contributed by atoms with E-state index >= 15 is 0 Å². The molecule has 1 aromatic carbocycles. The smallest absolute Gasteiger partial charge is 0.378 e. The van der Waals surface area contributed by atoms with Gasteiger partial charge in [-0.25, -0.2) is 9.78 Å². The van der Waals surface area contributed by atoms with Gasteiger partial charge in [-0.1, -0.05) is 25.3 Å². The summed E-state index contributed by atoms with van der Waals surface area (Å²) in [5.41, 5.74) is 4.95. The second-order valence-corrected chi connectivity index (χ2v) is 11.0. The van der Waals surface area contributed by atoms with Gasteiger partial charge in [0.25, 0.3) is 0 Å². The predicted octanol–water partition coefficient (Wildman–Crippen LogP) is 6.75. The first kappa shape index (κ1) is 26.8. The molecule has 1 atom stereocenters. The molecule has 1 aromatic heterocycles. The molecule has 2 aliphatic heterocycles. The summed E-state index contributed by atoms with van der Waals surface area (Å²) in [6.45, 7) is 5.50. The number of nitrogens with zero attached hydrogens (tertiary/aromatic N) is 3. The molecule has 0 radical (unpaired) electrons. The predicted molar refractivity (Wildman–Crippen MR) is 143 cm³/mol. The SMILES string of the molecule is Cc1ccc(NC(=O)N2CC[C@@H](CC(F)(F)F)C2)cc1-c1cc(C2CCCCC2)nc(N2CCOCC2)c1. The van der Waals surface area contributed by atoms with Crippen LogP contribution in [-0.2, 0) is 4.74 Å². The van der Waals surface area contributed by atoms with Crippen LogP contribution in [0, 0.1) is 12.8 Å². The maximum Gasteiger partial charge on any atom is 0.389 e. The maximum absolute atomic E-state index is 12.9. The van der Waals surface area contributed by atoms with Gasteiger partial charge in [0.15, 0.2) is 0 Å². The lowest BCUT2D eigenvalue weighted by molar-refractivity contribution is -0.143. The Kier molecular flexibility index (Phi) is 8.12. The Morgan fingerprint density at radius 2 is 1.82 bits per heavy atom. The number of amides is 2. The number of morpholine rings is 1. The van der Waals surface area contributed by atoms with E-state index in [1.54, 1.807) is 0 Å². The van der Waals surface area contributed by atoms with E-state index in [1.165, 1.54) is 24.2 Å². The zero-order valence-corrected chi connectivity index (χ0v) is 22.0. The molecule has 1 saturated carbocycles. The zero-order chi connectivity index (χ0) is 26.7. The van der Waals surface area contributed by atoms with Crippen molar-refractivity contribution >= 4 is 17.5 Å². The number of carbonyl (C=O) groups is 1. The number of hydrogen-bond acceptors (Lipinski definition) is 4. The largest absolute Gasteiger partial charge is 0.389 e. The monoisotopic (exact) mass is 530 g/mol. The van der Waals surface area contributed by atoms with Crippen molar-refractivity contribution in [2.45, 2.75) is 64.0 Å². The third kappa shape index (κ3) is 6.60. The average molecular weight is 531 g/mol. The first-order valence-corrected chi connectivity index (χ1v) is 13.8. The molecule has 3 fully saturated rings. The number of alkyl halides is 3. The third-order valence-electron chi connectivity index (χ3n) is 8.08. The van der Waals surface area contributed by atoms with Gasteiger partial charge in [0.2, 0.25) is 0 Å². The lowest BCUT2D eigenvalue weighted by atomic mass is 9.85. The Balaban J connectivity index is 1.38. The lowest BCUT2D eigenvalue weighted by Gasteiger charge is -2.30. The van der Waals surface area contributed by atoms with Gasteiger partial charge >= 0.3 is 12.2 Å². The minimum atomic E-state index is -4.20. The topological polar surface area (TPSA) is 57.7 Å². The van der Waals surface area contributed by atoms with E-state index in [0.29, 0.717) is 37.8 Å². The van der Waals surface area contributed by atoms with E-state index in [2.05, 4.69) is 29.3 Å². The molecule has 2 amide bonds. The number of nitrogens with one attached hydrogen (secondary N) is 1. The van der Waals surface area contributed by atoms with Gasteiger partial charge < -0.3 is 19.9 Å². The van der Waals surface area contributed by atoms with Crippen LogP contribution in [0.15, 0.2) is 30.3 Å². The van der Waals surface area contributed by atoms with Crippen molar-refractivity contribution in [2.75, 3.05) is 49.6 Å². The Bertz CT molecular complexity index is 1090. The van der Waals surface area contributed by atoms with Crippen LogP contribution >= 0.6 is 0 Å². The fourth-order valence-electron chi connectivity index (χ4n) is 5.98. The summed E-state index contributed by atoms with van der Waals surface area (Å²) in [5.74, 6) is 0.877. The summed E-state index contributed by atoms with van der Waals surface area (Å²) in [6.07, 6.45) is 1.36. The number of carbonyl (C=O) groups excluding carboxylic acids is 1. The first-order valence-electron chi connectivity index (χ1n) is 13.8. The second kappa shape index (κ2) is 11.5. The summed E-state index contributed by atoms with van der Waals surface area (Å²) >= 11 is 0. The molecule has 6 nitrogen and oxygen atoms in total. The molecular formula is C29H37F3N4O2. The molecule has 0 unspecified atom stereocenters. The molecule has 2 saturated heterocycles. The molecule has 206 valence electrons. The minimum absolute atomic E-state index is 0.127. The molecular weight excluding hydrogens is 493 g/mol. The summed E-state index contributed by atoms with van der Waals surface area (Å²) in [6, 6.07) is 9.79. The number of aryl methyl sites for hydroxylation is 1. The van der Waals surface area contributed by atoms with Gasteiger partial charge in [-0.3, -0.25) is 0 Å². The molecule has 5 rings (SSSR count). The van der Waals surface area contributed by atoms with Crippen LogP contribution < -0.4 is 10.2 Å². The molecule has 3 aliphatic rings. The molecule has 0 bridgehead atoms. The number of rotatable bonds is 5. The number of aromatic nitrogens is 1. The van der Waals surface area contributed by atoms with Crippen LogP contribution in [-0.4, -0.2) is 61.5 Å². The standard InChI is InChI=1S/C29H37F3N4O2/c1-20-7-8-24(33-28(37)36-10-9-21(19-36)18-29(30,31)32)17-25(20)23-15-26(22-5-3-2-4-6-22)34-27(16-23)35-11-13-38-14-12-35/h7-8,15-17,21-22H,2-6,9-14,18-19H2,1H3,(H,33,37)/t21-/m0/s1. The van der Waals surface area contributed by atoms with E-state index < -0.39 is 18.5 Å². The molecule has 0 spiro atoms. The summed E-state index contributed by atoms with van der Waals surface area (Å²) in [5, 5.41) is 2.92. The first-order chi connectivity index (χ1) is 18.2. The summed E-state index contributed by atoms with van der Waals surface area (Å²) in [7, 11) is 0. The number of urea groups is 1. The van der Waals surface area contributed by atoms with Crippen molar-refractivity contribution in [3.8, 4) is 11.1 Å². The van der Waals surface area contributed by atoms with Crippen LogP contribution in [0.5, 0.6) is 0 Å². The van der Waals surface area contributed by atoms with E-state index in [-0.39, 0.29) is 12.6 Å². The van der Waals surface area contributed by atoms with E-state index in [9.17, 15) is 18.0 Å². The van der Waals surface area contributed by atoms with E-state index in [0.717, 1.165) is 54.1 Å². The van der Waals surface area contributed by atoms with Crippen LogP contribution in [0.3, 0.4) is 0 Å². The zero-order valence-electron chi connectivity index (χ0n) is 22.0. The molecule has 1 N–H and O–H groups in total. The Labute approximate surface area is 222 Å². The number of anilines is 2. The van der Waals surface area contributed by atoms with Crippen molar-refractivity contribution in [3.63, 3.8) is 0 Å². The highest BCUT2D eigenvalue weighted by molar-refractivity contribution is 5.90. The highest BCUT2D eigenvalue weighted by Crippen LogP contribution is 2.37. The Morgan fingerprint density at radius 1 is 1.05 bits per heavy atom. The van der Waals surface area contributed by atoms with Crippen LogP contribution in [0.2, 0.25) is 0 Å². The number of likely N-dealkylation sites (tertiary alicyclic amines) is 1. The van der Waals surface area contributed by atoms with Gasteiger partial charge in [0.1, 0.15) is 5.82 Å². The van der Waals surface area contributed by atoms with Crippen LogP contribution in [0.25, 0.3) is 11.1 Å². The maximum atomic E-state index is 12.9. The highest BCUT2D eigenvalue weighted by atomic mass is 19.4. The number of pyridine rings is 1. The molecule has 1 aliphatic carbocycles. The van der Waals surface area contributed by atoms with Gasteiger partial charge in [-0.2, -0.15) is 13.2 Å². The molecule has 3 heterocycles. The number of hydrogen-bond donors (Lipinski definition) is 1. The molecule has 9 heteroatoms. The van der Waals surface area contributed by atoms with Gasteiger partial charge in [-0.15, -0.1) is 0 Å². The second-order valence-electron chi connectivity index (χ2n) is 11.0. The minimum Gasteiger partial charge on any atom is -0.378 e. The highest BCUT2D eigenvalue weighted by Gasteiger charge is 2.36. The van der Waals surface area contributed by atoms with Crippen molar-refractivity contribution in [1.82, 2.24) is 9.88 Å². The molecule has 2 aromatic rings. The fraction of sp³-hybridized carbons (Fsp3) is 0.586. The number of benzene rings is 1. The Hall–Kier alpha value is -2.81. The number of halogens is 3. The van der Waals surface area contributed by atoms with Crippen molar-refractivity contribution in [3.05, 3.63) is 41.6 Å². The van der Waals surface area contributed by atoms with Crippen molar-refractivity contribution in [1.29, 1.82) is 0 Å². The third-order valence-corrected chi connectivity index (χ3v) is 8.08. The van der Waals surface area contributed by atoms with Gasteiger partial charge in [-0.05, 0) is 73.1 Å². The van der Waals surface area contributed by atoms with E-state index in [1.807, 2.05) is 18.2 Å². The van der Waals surface area contributed by atoms with Crippen molar-refractivity contribution < 1.29 is 22.7 Å². The lowest BCUT2D eigenvalue weighted by Crippen LogP contribution is -2.37.